The van der Waals surface area contributed by atoms with Crippen LogP contribution in [0.4, 0.5) is 0 Å². The van der Waals surface area contributed by atoms with Crippen LogP contribution in [-0.4, -0.2) is 36.5 Å². The number of hydrogen-bond acceptors (Lipinski definition) is 2. The van der Waals surface area contributed by atoms with Gasteiger partial charge in [-0.2, -0.15) is 0 Å². The topological polar surface area (TPSA) is 32.3 Å². The quantitative estimate of drug-likeness (QED) is 0.649. The average Bonchev–Trinajstić information content (AvgIpc) is 2.20. The molecule has 0 aromatic carbocycles. The van der Waals surface area contributed by atoms with Crippen LogP contribution in [0.25, 0.3) is 0 Å². The fourth-order valence-electron chi connectivity index (χ4n) is 2.31. The van der Waals surface area contributed by atoms with Crippen LogP contribution < -0.4 is 5.32 Å². The van der Waals surface area contributed by atoms with Crippen LogP contribution in [0.5, 0.6) is 0 Å². The van der Waals surface area contributed by atoms with E-state index < -0.39 is 0 Å². The van der Waals surface area contributed by atoms with Gasteiger partial charge in [-0.1, -0.05) is 0 Å². The zero-order chi connectivity index (χ0) is 9.10. The normalized spacial score (nSPS) is 30.6. The molecule has 0 saturated carbocycles. The minimum absolute atomic E-state index is 0.375. The summed E-state index contributed by atoms with van der Waals surface area (Å²) in [5.74, 6) is 0.375. The summed E-state index contributed by atoms with van der Waals surface area (Å²) in [4.78, 5) is 13.7. The predicted octanol–water partition coefficient (Wildman–Crippen LogP) is 0.751. The summed E-state index contributed by atoms with van der Waals surface area (Å²) >= 11 is 0. The monoisotopic (exact) mass is 182 g/mol. The fraction of sp³-hybridized carbons (Fsp3) is 0.900. The van der Waals surface area contributed by atoms with Gasteiger partial charge in [0.1, 0.15) is 0 Å². The molecular formula is C10H18N2O. The molecule has 13 heavy (non-hydrogen) atoms. The largest absolute Gasteiger partial charge is 0.338 e. The van der Waals surface area contributed by atoms with Gasteiger partial charge in [-0.25, -0.2) is 0 Å². The van der Waals surface area contributed by atoms with E-state index in [0.717, 1.165) is 32.5 Å². The van der Waals surface area contributed by atoms with E-state index in [2.05, 4.69) is 10.2 Å². The van der Waals surface area contributed by atoms with Crippen molar-refractivity contribution in [2.75, 3.05) is 19.6 Å². The molecule has 1 N–H and O–H groups in total. The molecule has 0 aromatic heterocycles. The lowest BCUT2D eigenvalue weighted by Crippen LogP contribution is -2.50. The zero-order valence-corrected chi connectivity index (χ0v) is 8.09. The summed E-state index contributed by atoms with van der Waals surface area (Å²) in [5, 5.41) is 3.36. The standard InChI is InChI=1S/C10H18N2O/c13-10-5-1-2-7-12(10)9-4-3-6-11-8-9/h9,11H,1-8H2/t9-/m0/s1. The first kappa shape index (κ1) is 9.00. The summed E-state index contributed by atoms with van der Waals surface area (Å²) < 4.78 is 0. The van der Waals surface area contributed by atoms with E-state index in [1.165, 1.54) is 19.3 Å². The van der Waals surface area contributed by atoms with Crippen molar-refractivity contribution in [3.05, 3.63) is 0 Å². The first-order valence-corrected chi connectivity index (χ1v) is 5.38. The summed E-state index contributed by atoms with van der Waals surface area (Å²) in [6.07, 6.45) is 5.47. The van der Waals surface area contributed by atoms with E-state index in [0.29, 0.717) is 11.9 Å². The summed E-state index contributed by atoms with van der Waals surface area (Å²) in [6.45, 7) is 3.12. The molecule has 2 aliphatic rings. The number of likely N-dealkylation sites (tertiary alicyclic amines) is 1. The van der Waals surface area contributed by atoms with Crippen molar-refractivity contribution < 1.29 is 4.79 Å². The van der Waals surface area contributed by atoms with Gasteiger partial charge in [-0.3, -0.25) is 4.79 Å². The van der Waals surface area contributed by atoms with Gasteiger partial charge in [0.15, 0.2) is 0 Å². The van der Waals surface area contributed by atoms with E-state index in [9.17, 15) is 4.79 Å². The Morgan fingerprint density at radius 2 is 2.23 bits per heavy atom. The Kier molecular flexibility index (Phi) is 2.83. The van der Waals surface area contributed by atoms with Crippen LogP contribution in [0.2, 0.25) is 0 Å². The minimum atomic E-state index is 0.375. The first-order chi connectivity index (χ1) is 6.38. The second-order valence-corrected chi connectivity index (χ2v) is 4.04. The Balaban J connectivity index is 1.92. The number of rotatable bonds is 1. The molecule has 1 amide bonds. The van der Waals surface area contributed by atoms with Gasteiger partial charge in [0.05, 0.1) is 0 Å². The number of amides is 1. The van der Waals surface area contributed by atoms with E-state index in [-0.39, 0.29) is 0 Å². The van der Waals surface area contributed by atoms with E-state index >= 15 is 0 Å². The van der Waals surface area contributed by atoms with Gasteiger partial charge >= 0.3 is 0 Å². The highest BCUT2D eigenvalue weighted by atomic mass is 16.2. The smallest absolute Gasteiger partial charge is 0.222 e. The molecule has 0 bridgehead atoms. The number of carbonyl (C=O) groups is 1. The van der Waals surface area contributed by atoms with Gasteiger partial charge in [0.25, 0.3) is 0 Å². The summed E-state index contributed by atoms with van der Waals surface area (Å²) in [6, 6.07) is 0.488. The van der Waals surface area contributed by atoms with Crippen molar-refractivity contribution in [3.8, 4) is 0 Å². The van der Waals surface area contributed by atoms with Crippen molar-refractivity contribution in [3.63, 3.8) is 0 Å². The lowest BCUT2D eigenvalue weighted by molar-refractivity contribution is -0.136. The molecule has 74 valence electrons. The third-order valence-corrected chi connectivity index (χ3v) is 3.07. The average molecular weight is 182 g/mol. The maximum atomic E-state index is 11.6. The summed E-state index contributed by atoms with van der Waals surface area (Å²) in [7, 11) is 0. The molecule has 0 unspecified atom stereocenters. The van der Waals surface area contributed by atoms with Gasteiger partial charge in [0, 0.05) is 25.6 Å². The maximum absolute atomic E-state index is 11.6. The molecule has 3 heteroatoms. The molecule has 2 saturated heterocycles. The zero-order valence-electron chi connectivity index (χ0n) is 8.09. The van der Waals surface area contributed by atoms with Crippen molar-refractivity contribution in [2.24, 2.45) is 0 Å². The highest BCUT2D eigenvalue weighted by Crippen LogP contribution is 2.17. The number of carbonyl (C=O) groups excluding carboxylic acids is 1. The van der Waals surface area contributed by atoms with Crippen molar-refractivity contribution >= 4 is 5.91 Å². The molecule has 0 spiro atoms. The van der Waals surface area contributed by atoms with E-state index in [4.69, 9.17) is 0 Å². The molecule has 0 radical (unpaired) electrons. The molecule has 1 atom stereocenters. The fourth-order valence-corrected chi connectivity index (χ4v) is 2.31. The van der Waals surface area contributed by atoms with Crippen LogP contribution in [0.1, 0.15) is 32.1 Å². The maximum Gasteiger partial charge on any atom is 0.222 e. The molecule has 0 aromatic rings. The van der Waals surface area contributed by atoms with Crippen molar-refractivity contribution in [2.45, 2.75) is 38.1 Å². The third-order valence-electron chi connectivity index (χ3n) is 3.07. The molecule has 2 rings (SSSR count). The second kappa shape index (κ2) is 4.09. The Labute approximate surface area is 79.5 Å². The Morgan fingerprint density at radius 3 is 2.92 bits per heavy atom. The second-order valence-electron chi connectivity index (χ2n) is 4.04. The lowest BCUT2D eigenvalue weighted by Gasteiger charge is -2.37. The molecule has 2 heterocycles. The molecule has 2 aliphatic heterocycles. The predicted molar refractivity (Wildman–Crippen MR) is 51.5 cm³/mol. The Morgan fingerprint density at radius 1 is 1.31 bits per heavy atom. The lowest BCUT2D eigenvalue weighted by atomic mass is 10.0. The van der Waals surface area contributed by atoms with Crippen molar-refractivity contribution in [1.29, 1.82) is 0 Å². The van der Waals surface area contributed by atoms with Gasteiger partial charge in [0.2, 0.25) is 5.91 Å². The van der Waals surface area contributed by atoms with Gasteiger partial charge < -0.3 is 10.2 Å². The van der Waals surface area contributed by atoms with Gasteiger partial charge in [-0.15, -0.1) is 0 Å². The highest BCUT2D eigenvalue weighted by Gasteiger charge is 2.26. The molecular weight excluding hydrogens is 164 g/mol. The van der Waals surface area contributed by atoms with Crippen LogP contribution in [0.3, 0.4) is 0 Å². The third kappa shape index (κ3) is 2.02. The first-order valence-electron chi connectivity index (χ1n) is 5.38. The molecule has 0 aliphatic carbocycles. The minimum Gasteiger partial charge on any atom is -0.338 e. The van der Waals surface area contributed by atoms with Gasteiger partial charge in [-0.05, 0) is 32.2 Å². The summed E-state index contributed by atoms with van der Waals surface area (Å²) in [5.41, 5.74) is 0. The van der Waals surface area contributed by atoms with Crippen LogP contribution >= 0.6 is 0 Å². The number of nitrogens with one attached hydrogen (secondary N) is 1. The highest BCUT2D eigenvalue weighted by molar-refractivity contribution is 5.77. The molecule has 3 nitrogen and oxygen atoms in total. The van der Waals surface area contributed by atoms with Crippen LogP contribution in [0.15, 0.2) is 0 Å². The Hall–Kier alpha value is -0.570. The van der Waals surface area contributed by atoms with E-state index in [1.807, 2.05) is 0 Å². The van der Waals surface area contributed by atoms with Crippen LogP contribution in [-0.2, 0) is 4.79 Å². The Bertz CT molecular complexity index is 187. The number of nitrogens with zero attached hydrogens (tertiary/aromatic N) is 1. The number of piperidine rings is 2. The van der Waals surface area contributed by atoms with Crippen molar-refractivity contribution in [1.82, 2.24) is 10.2 Å². The SMILES string of the molecule is O=C1CCCCN1[C@H]1CCCNC1. The van der Waals surface area contributed by atoms with Crippen LogP contribution in [0, 0.1) is 0 Å². The molecule has 2 fully saturated rings. The number of hydrogen-bond donors (Lipinski definition) is 1. The van der Waals surface area contributed by atoms with E-state index in [1.54, 1.807) is 0 Å².